The Bertz CT molecular complexity index is 1260. The van der Waals surface area contributed by atoms with Crippen molar-refractivity contribution in [1.82, 2.24) is 0 Å². The van der Waals surface area contributed by atoms with Crippen LogP contribution in [-0.4, -0.2) is 37.2 Å². The Hall–Kier alpha value is -3.67. The van der Waals surface area contributed by atoms with Crippen LogP contribution in [-0.2, 0) is 28.6 Å². The predicted molar refractivity (Wildman–Crippen MR) is 265 cm³/mol. The zero-order chi connectivity index (χ0) is 45.1. The summed E-state index contributed by atoms with van der Waals surface area (Å²) in [4.78, 5) is 37.9. The minimum atomic E-state index is -0.810. The van der Waals surface area contributed by atoms with Crippen molar-refractivity contribution in [3.8, 4) is 0 Å². The third-order valence-corrected chi connectivity index (χ3v) is 10.3. The first-order chi connectivity index (χ1) is 30.5. The van der Waals surface area contributed by atoms with Crippen molar-refractivity contribution < 1.29 is 28.6 Å². The molecule has 0 heterocycles. The second kappa shape index (κ2) is 50.0. The van der Waals surface area contributed by atoms with Crippen LogP contribution in [0, 0.1) is 0 Å². The summed E-state index contributed by atoms with van der Waals surface area (Å²) >= 11 is 0. The highest BCUT2D eigenvalue weighted by Crippen LogP contribution is 2.14. The molecule has 0 saturated carbocycles. The van der Waals surface area contributed by atoms with Crippen molar-refractivity contribution in [1.29, 1.82) is 0 Å². The molecule has 6 nitrogen and oxygen atoms in total. The average Bonchev–Trinajstić information content (AvgIpc) is 3.27. The van der Waals surface area contributed by atoms with Crippen LogP contribution in [0.3, 0.4) is 0 Å². The summed E-state index contributed by atoms with van der Waals surface area (Å²) < 4.78 is 16.7. The molecule has 0 radical (unpaired) electrons. The van der Waals surface area contributed by atoms with Gasteiger partial charge in [0.2, 0.25) is 0 Å². The van der Waals surface area contributed by atoms with Gasteiger partial charge in [0.15, 0.2) is 6.10 Å². The van der Waals surface area contributed by atoms with E-state index in [9.17, 15) is 14.4 Å². The topological polar surface area (TPSA) is 78.9 Å². The van der Waals surface area contributed by atoms with Gasteiger partial charge < -0.3 is 14.2 Å². The zero-order valence-electron chi connectivity index (χ0n) is 40.1. The number of allylic oxidation sites excluding steroid dienone is 16. The molecule has 1 unspecified atom stereocenters. The first-order valence-corrected chi connectivity index (χ1v) is 25.2. The SMILES string of the molecule is CC/C=C\C/C=C\C/C=C\C/C=C\C/C=C\CCCC(=O)OCC(COC(=O)CCCCCCCCCCCCCCC)OC(=O)CCCCCC/C=C\C/C=C\C/C=C\CC. The fourth-order valence-corrected chi connectivity index (χ4v) is 6.61. The number of hydrogen-bond acceptors (Lipinski definition) is 6. The van der Waals surface area contributed by atoms with Crippen molar-refractivity contribution in [2.45, 2.75) is 226 Å². The minimum absolute atomic E-state index is 0.104. The molecular formula is C56H92O6. The Morgan fingerprint density at radius 1 is 0.339 bits per heavy atom. The number of esters is 3. The van der Waals surface area contributed by atoms with Crippen LogP contribution in [0.15, 0.2) is 97.2 Å². The lowest BCUT2D eigenvalue weighted by Crippen LogP contribution is -2.30. The minimum Gasteiger partial charge on any atom is -0.462 e. The van der Waals surface area contributed by atoms with Crippen molar-refractivity contribution in [3.63, 3.8) is 0 Å². The molecule has 62 heavy (non-hydrogen) atoms. The lowest BCUT2D eigenvalue weighted by Gasteiger charge is -2.18. The maximum absolute atomic E-state index is 12.8. The van der Waals surface area contributed by atoms with Gasteiger partial charge in [0.1, 0.15) is 13.2 Å². The Labute approximate surface area is 381 Å². The normalized spacial score (nSPS) is 12.9. The highest BCUT2D eigenvalue weighted by atomic mass is 16.6. The van der Waals surface area contributed by atoms with E-state index in [1.54, 1.807) is 0 Å². The molecule has 0 saturated heterocycles. The molecule has 0 fully saturated rings. The molecule has 0 aromatic carbocycles. The van der Waals surface area contributed by atoms with E-state index < -0.39 is 6.10 Å². The van der Waals surface area contributed by atoms with Gasteiger partial charge in [-0.3, -0.25) is 14.4 Å². The second-order valence-electron chi connectivity index (χ2n) is 16.3. The molecule has 0 spiro atoms. The number of hydrogen-bond donors (Lipinski definition) is 0. The van der Waals surface area contributed by atoms with Crippen LogP contribution >= 0.6 is 0 Å². The second-order valence-corrected chi connectivity index (χ2v) is 16.3. The number of unbranched alkanes of at least 4 members (excludes halogenated alkanes) is 17. The average molecular weight is 861 g/mol. The van der Waals surface area contributed by atoms with Crippen LogP contribution in [0.25, 0.3) is 0 Å². The van der Waals surface area contributed by atoms with E-state index in [1.807, 2.05) is 0 Å². The van der Waals surface area contributed by atoms with E-state index in [-0.39, 0.29) is 44.0 Å². The largest absolute Gasteiger partial charge is 0.462 e. The standard InChI is InChI=1S/C56H92O6/c1-4-7-10-13-16-19-22-25-27-28-29-32-34-37-40-43-46-49-55(58)61-52-53(51-60-54(57)48-45-42-39-36-33-30-24-21-18-15-12-9-6-3)62-56(59)50-47-44-41-38-35-31-26-23-20-17-14-11-8-5-2/h7-8,10-11,16-17,19-20,25-27,29,31-32,37,40,53H,4-6,9,12-15,18,21-24,28,30,33-36,38-39,41-52H2,1-3H3/b10-7-,11-8-,19-16-,20-17-,27-25-,31-26-,32-29-,40-37-. The molecule has 0 amide bonds. The maximum atomic E-state index is 12.8. The Morgan fingerprint density at radius 2 is 0.645 bits per heavy atom. The zero-order valence-corrected chi connectivity index (χ0v) is 40.1. The quantitative estimate of drug-likeness (QED) is 0.0263. The molecule has 6 heteroatoms. The number of rotatable bonds is 44. The van der Waals surface area contributed by atoms with Crippen molar-refractivity contribution in [2.24, 2.45) is 0 Å². The van der Waals surface area contributed by atoms with Crippen molar-refractivity contribution in [2.75, 3.05) is 13.2 Å². The fourth-order valence-electron chi connectivity index (χ4n) is 6.61. The maximum Gasteiger partial charge on any atom is 0.306 e. The number of ether oxygens (including phenoxy) is 3. The van der Waals surface area contributed by atoms with Gasteiger partial charge in [0.05, 0.1) is 0 Å². The van der Waals surface area contributed by atoms with Crippen LogP contribution in [0.5, 0.6) is 0 Å². The van der Waals surface area contributed by atoms with E-state index in [0.29, 0.717) is 12.8 Å². The summed E-state index contributed by atoms with van der Waals surface area (Å²) in [5, 5.41) is 0. The molecule has 352 valence electrons. The number of carbonyl (C=O) groups excluding carboxylic acids is 3. The molecule has 0 aliphatic rings. The smallest absolute Gasteiger partial charge is 0.306 e. The summed E-state index contributed by atoms with van der Waals surface area (Å²) in [5.74, 6) is -0.991. The summed E-state index contributed by atoms with van der Waals surface area (Å²) in [6, 6.07) is 0. The third kappa shape index (κ3) is 47.4. The molecule has 0 rings (SSSR count). The summed E-state index contributed by atoms with van der Waals surface area (Å²) in [6.07, 6.45) is 65.4. The predicted octanol–water partition coefficient (Wildman–Crippen LogP) is 16.6. The van der Waals surface area contributed by atoms with Gasteiger partial charge >= 0.3 is 17.9 Å². The van der Waals surface area contributed by atoms with Crippen LogP contribution in [0.2, 0.25) is 0 Å². The Morgan fingerprint density at radius 3 is 1.05 bits per heavy atom. The summed E-state index contributed by atoms with van der Waals surface area (Å²) in [7, 11) is 0. The first-order valence-electron chi connectivity index (χ1n) is 25.2. The van der Waals surface area contributed by atoms with E-state index in [0.717, 1.165) is 109 Å². The molecular weight excluding hydrogens is 769 g/mol. The van der Waals surface area contributed by atoms with Gasteiger partial charge in [-0.25, -0.2) is 0 Å². The molecule has 0 aliphatic carbocycles. The van der Waals surface area contributed by atoms with Crippen LogP contribution in [0.1, 0.15) is 220 Å². The fraction of sp³-hybridized carbons (Fsp3) is 0.661. The summed E-state index contributed by atoms with van der Waals surface area (Å²) in [5.41, 5.74) is 0. The lowest BCUT2D eigenvalue weighted by molar-refractivity contribution is -0.167. The van der Waals surface area contributed by atoms with Gasteiger partial charge in [-0.15, -0.1) is 0 Å². The van der Waals surface area contributed by atoms with E-state index in [2.05, 4.69) is 118 Å². The van der Waals surface area contributed by atoms with Gasteiger partial charge in [-0.2, -0.15) is 0 Å². The monoisotopic (exact) mass is 861 g/mol. The van der Waals surface area contributed by atoms with Crippen LogP contribution < -0.4 is 0 Å². The first kappa shape index (κ1) is 58.3. The highest BCUT2D eigenvalue weighted by molar-refractivity contribution is 5.71. The molecule has 0 aromatic rings. The van der Waals surface area contributed by atoms with E-state index in [1.165, 1.54) is 64.2 Å². The third-order valence-electron chi connectivity index (χ3n) is 10.3. The van der Waals surface area contributed by atoms with E-state index in [4.69, 9.17) is 14.2 Å². The van der Waals surface area contributed by atoms with Gasteiger partial charge in [0, 0.05) is 19.3 Å². The highest BCUT2D eigenvalue weighted by Gasteiger charge is 2.19. The Balaban J connectivity index is 4.52. The molecule has 0 aromatic heterocycles. The number of carbonyl (C=O) groups is 3. The van der Waals surface area contributed by atoms with Crippen molar-refractivity contribution in [3.05, 3.63) is 97.2 Å². The molecule has 0 bridgehead atoms. The van der Waals surface area contributed by atoms with Gasteiger partial charge in [-0.05, 0) is 89.9 Å². The van der Waals surface area contributed by atoms with Crippen LogP contribution in [0.4, 0.5) is 0 Å². The van der Waals surface area contributed by atoms with Gasteiger partial charge in [0.25, 0.3) is 0 Å². The molecule has 1 atom stereocenters. The lowest BCUT2D eigenvalue weighted by atomic mass is 10.0. The van der Waals surface area contributed by atoms with Crippen molar-refractivity contribution >= 4 is 17.9 Å². The Kier molecular flexibility index (Phi) is 47.0. The van der Waals surface area contributed by atoms with Gasteiger partial charge in [-0.1, -0.05) is 208 Å². The van der Waals surface area contributed by atoms with E-state index >= 15 is 0 Å². The summed E-state index contributed by atoms with van der Waals surface area (Å²) in [6.45, 7) is 6.33. The molecule has 0 N–H and O–H groups in total. The molecule has 0 aliphatic heterocycles.